The van der Waals surface area contributed by atoms with Crippen LogP contribution in [0.2, 0.25) is 5.02 Å². The number of benzene rings is 1. The third kappa shape index (κ3) is 1.94. The lowest BCUT2D eigenvalue weighted by Crippen LogP contribution is -1.87. The summed E-state index contributed by atoms with van der Waals surface area (Å²) in [5.41, 5.74) is 0.754. The van der Waals surface area contributed by atoms with Crippen LogP contribution in [0.5, 0.6) is 0 Å². The molecule has 1 aromatic heterocycles. The van der Waals surface area contributed by atoms with E-state index in [2.05, 4.69) is 0 Å². The summed E-state index contributed by atoms with van der Waals surface area (Å²) >= 11 is 7.36. The van der Waals surface area contributed by atoms with Gasteiger partial charge in [-0.15, -0.1) is 11.3 Å². The number of carbonyl (C=O) groups is 1. The number of halogens is 2. The summed E-state index contributed by atoms with van der Waals surface area (Å²) in [6.45, 7) is 0. The van der Waals surface area contributed by atoms with Crippen LogP contribution in [0.1, 0.15) is 10.4 Å². The number of thiophene rings is 1. The lowest BCUT2D eigenvalue weighted by molar-refractivity contribution is 0.112. The van der Waals surface area contributed by atoms with E-state index in [-0.39, 0.29) is 5.56 Å². The Morgan fingerprint density at radius 2 is 2.13 bits per heavy atom. The molecule has 2 rings (SSSR count). The minimum Gasteiger partial charge on any atom is -0.298 e. The summed E-state index contributed by atoms with van der Waals surface area (Å²) < 4.78 is 13.3. The van der Waals surface area contributed by atoms with Gasteiger partial charge in [0.2, 0.25) is 0 Å². The summed E-state index contributed by atoms with van der Waals surface area (Å²) in [7, 11) is 0. The molecule has 1 heterocycles. The second-order valence-electron chi connectivity index (χ2n) is 2.95. The molecule has 0 amide bonds. The van der Waals surface area contributed by atoms with Gasteiger partial charge in [-0.05, 0) is 29.1 Å². The van der Waals surface area contributed by atoms with Crippen molar-refractivity contribution in [3.05, 3.63) is 46.0 Å². The minimum atomic E-state index is -0.521. The van der Waals surface area contributed by atoms with E-state index in [0.29, 0.717) is 16.9 Å². The highest BCUT2D eigenvalue weighted by atomic mass is 35.5. The molecular weight excluding hydrogens is 235 g/mol. The van der Waals surface area contributed by atoms with E-state index in [1.54, 1.807) is 12.1 Å². The van der Waals surface area contributed by atoms with Crippen molar-refractivity contribution in [2.75, 3.05) is 0 Å². The number of rotatable bonds is 2. The summed E-state index contributed by atoms with van der Waals surface area (Å²) in [6, 6.07) is 6.22. The highest BCUT2D eigenvalue weighted by Crippen LogP contribution is 2.33. The molecule has 0 aliphatic rings. The first kappa shape index (κ1) is 10.3. The molecule has 1 nitrogen and oxygen atoms in total. The molecule has 0 spiro atoms. The van der Waals surface area contributed by atoms with Gasteiger partial charge in [-0.3, -0.25) is 4.79 Å². The molecule has 1 aromatic carbocycles. The monoisotopic (exact) mass is 240 g/mol. The van der Waals surface area contributed by atoms with E-state index in [1.165, 1.54) is 23.5 Å². The molecule has 0 aliphatic heterocycles. The maximum Gasteiger partial charge on any atom is 0.152 e. The van der Waals surface area contributed by atoms with Crippen LogP contribution in [-0.2, 0) is 0 Å². The van der Waals surface area contributed by atoms with Crippen LogP contribution >= 0.6 is 22.9 Å². The molecule has 0 fully saturated rings. The van der Waals surface area contributed by atoms with E-state index >= 15 is 0 Å². The Labute approximate surface area is 95.1 Å². The van der Waals surface area contributed by atoms with Crippen molar-refractivity contribution >= 4 is 29.2 Å². The van der Waals surface area contributed by atoms with Crippen molar-refractivity contribution in [2.45, 2.75) is 0 Å². The number of carbonyl (C=O) groups excluding carboxylic acids is 1. The molecule has 0 radical (unpaired) electrons. The van der Waals surface area contributed by atoms with E-state index in [1.807, 2.05) is 5.38 Å². The molecule has 2 aromatic rings. The molecule has 0 unspecified atom stereocenters. The second kappa shape index (κ2) is 4.13. The lowest BCUT2D eigenvalue weighted by atomic mass is 10.1. The highest BCUT2D eigenvalue weighted by Gasteiger charge is 2.08. The Bertz CT molecular complexity index is 507. The summed E-state index contributed by atoms with van der Waals surface area (Å²) in [5.74, 6) is -0.521. The Balaban J connectivity index is 2.52. The Hall–Kier alpha value is -1.19. The van der Waals surface area contributed by atoms with E-state index in [0.717, 1.165) is 4.88 Å². The Morgan fingerprint density at radius 1 is 1.33 bits per heavy atom. The van der Waals surface area contributed by atoms with Crippen LogP contribution in [-0.4, -0.2) is 6.29 Å². The Morgan fingerprint density at radius 3 is 2.67 bits per heavy atom. The van der Waals surface area contributed by atoms with E-state index in [4.69, 9.17) is 11.6 Å². The van der Waals surface area contributed by atoms with Gasteiger partial charge in [0.15, 0.2) is 6.29 Å². The topological polar surface area (TPSA) is 17.1 Å². The number of hydrogen-bond donors (Lipinski definition) is 0. The van der Waals surface area contributed by atoms with Crippen LogP contribution in [0.15, 0.2) is 29.6 Å². The van der Waals surface area contributed by atoms with Crippen LogP contribution in [0, 0.1) is 5.82 Å². The predicted molar refractivity (Wildman–Crippen MR) is 60.1 cm³/mol. The molecular formula is C11H6ClFOS. The summed E-state index contributed by atoms with van der Waals surface area (Å²) in [5, 5.41) is 2.43. The van der Waals surface area contributed by atoms with E-state index in [9.17, 15) is 9.18 Å². The van der Waals surface area contributed by atoms with Gasteiger partial charge in [0.05, 0.1) is 15.5 Å². The minimum absolute atomic E-state index is 0.0615. The molecule has 0 saturated carbocycles. The quantitative estimate of drug-likeness (QED) is 0.725. The third-order valence-corrected chi connectivity index (χ3v) is 3.40. The molecule has 76 valence electrons. The van der Waals surface area contributed by atoms with Gasteiger partial charge < -0.3 is 0 Å². The van der Waals surface area contributed by atoms with Crippen LogP contribution < -0.4 is 0 Å². The maximum atomic E-state index is 13.3. The van der Waals surface area contributed by atoms with Crippen LogP contribution in [0.3, 0.4) is 0 Å². The van der Waals surface area contributed by atoms with Gasteiger partial charge in [-0.1, -0.05) is 17.7 Å². The zero-order valence-electron chi connectivity index (χ0n) is 7.54. The maximum absolute atomic E-state index is 13.3. The van der Waals surface area contributed by atoms with Crippen molar-refractivity contribution in [1.82, 2.24) is 0 Å². The molecule has 0 atom stereocenters. The van der Waals surface area contributed by atoms with Crippen molar-refractivity contribution in [3.8, 4) is 10.4 Å². The normalized spacial score (nSPS) is 10.3. The number of aldehydes is 1. The molecule has 0 aliphatic carbocycles. The molecule has 0 saturated heterocycles. The lowest BCUT2D eigenvalue weighted by Gasteiger charge is -2.00. The largest absolute Gasteiger partial charge is 0.298 e. The first-order valence-electron chi connectivity index (χ1n) is 4.20. The SMILES string of the molecule is O=Cc1ccc(-c2sccc2Cl)cc1F. The zero-order chi connectivity index (χ0) is 10.8. The molecule has 4 heteroatoms. The molecule has 0 N–H and O–H groups in total. The van der Waals surface area contributed by atoms with Gasteiger partial charge in [0.25, 0.3) is 0 Å². The predicted octanol–water partition coefficient (Wildman–Crippen LogP) is 4.02. The van der Waals surface area contributed by atoms with Gasteiger partial charge >= 0.3 is 0 Å². The van der Waals surface area contributed by atoms with Gasteiger partial charge in [-0.2, -0.15) is 0 Å². The average Bonchev–Trinajstić information content (AvgIpc) is 2.64. The van der Waals surface area contributed by atoms with Gasteiger partial charge in [0, 0.05) is 0 Å². The van der Waals surface area contributed by atoms with Crippen LogP contribution in [0.4, 0.5) is 4.39 Å². The summed E-state index contributed by atoms with van der Waals surface area (Å²) in [6.07, 6.45) is 0.495. The Kier molecular flexibility index (Phi) is 2.84. The second-order valence-corrected chi connectivity index (χ2v) is 4.28. The first-order chi connectivity index (χ1) is 7.22. The van der Waals surface area contributed by atoms with Crippen molar-refractivity contribution in [2.24, 2.45) is 0 Å². The summed E-state index contributed by atoms with van der Waals surface area (Å²) in [4.78, 5) is 11.2. The third-order valence-electron chi connectivity index (χ3n) is 2.01. The fourth-order valence-electron chi connectivity index (χ4n) is 1.26. The first-order valence-corrected chi connectivity index (χ1v) is 5.46. The fourth-order valence-corrected chi connectivity index (χ4v) is 2.43. The number of hydrogen-bond acceptors (Lipinski definition) is 2. The standard InChI is InChI=1S/C11H6ClFOS/c12-9-3-4-15-11(9)7-1-2-8(6-14)10(13)5-7/h1-6H. The fraction of sp³-hybridized carbons (Fsp3) is 0. The average molecular weight is 241 g/mol. The smallest absolute Gasteiger partial charge is 0.152 e. The van der Waals surface area contributed by atoms with Crippen molar-refractivity contribution in [3.63, 3.8) is 0 Å². The molecule has 15 heavy (non-hydrogen) atoms. The van der Waals surface area contributed by atoms with Gasteiger partial charge in [0.1, 0.15) is 5.82 Å². The van der Waals surface area contributed by atoms with Crippen molar-refractivity contribution in [1.29, 1.82) is 0 Å². The highest BCUT2D eigenvalue weighted by molar-refractivity contribution is 7.14. The van der Waals surface area contributed by atoms with Gasteiger partial charge in [-0.25, -0.2) is 4.39 Å². The van der Waals surface area contributed by atoms with E-state index < -0.39 is 5.82 Å². The zero-order valence-corrected chi connectivity index (χ0v) is 9.11. The van der Waals surface area contributed by atoms with Crippen molar-refractivity contribution < 1.29 is 9.18 Å². The molecule has 0 bridgehead atoms. The van der Waals surface area contributed by atoms with Crippen LogP contribution in [0.25, 0.3) is 10.4 Å².